The molecule has 5 heteroatoms. The van der Waals surface area contributed by atoms with Gasteiger partial charge in [-0.2, -0.15) is 0 Å². The first kappa shape index (κ1) is 11.5. The standard InChI is InChI=1S/C13H17N3O2/c14-12-5-4-9(8-15-12)13(17)16-6-7-18-11-3-1-2-10(11)16/h4-5,8,10-11H,1-3,6-7H2,(H2,14,15). The highest BCUT2D eigenvalue weighted by Crippen LogP contribution is 2.30. The lowest BCUT2D eigenvalue weighted by Crippen LogP contribution is -2.51. The molecule has 5 nitrogen and oxygen atoms in total. The number of amides is 1. The third-order valence-electron chi connectivity index (χ3n) is 3.78. The molecule has 96 valence electrons. The van der Waals surface area contributed by atoms with Crippen molar-refractivity contribution in [2.75, 3.05) is 18.9 Å². The number of hydrogen-bond acceptors (Lipinski definition) is 4. The summed E-state index contributed by atoms with van der Waals surface area (Å²) >= 11 is 0. The van der Waals surface area contributed by atoms with Gasteiger partial charge in [-0.3, -0.25) is 4.79 Å². The molecule has 1 aliphatic heterocycles. The van der Waals surface area contributed by atoms with Crippen molar-refractivity contribution >= 4 is 11.7 Å². The normalized spacial score (nSPS) is 27.0. The van der Waals surface area contributed by atoms with Gasteiger partial charge in [0.05, 0.1) is 24.3 Å². The molecule has 1 aliphatic carbocycles. The first-order valence-corrected chi connectivity index (χ1v) is 6.40. The van der Waals surface area contributed by atoms with E-state index < -0.39 is 0 Å². The number of nitrogens with zero attached hydrogens (tertiary/aromatic N) is 2. The number of anilines is 1. The van der Waals surface area contributed by atoms with E-state index in [2.05, 4.69) is 4.98 Å². The zero-order valence-electron chi connectivity index (χ0n) is 10.2. The first-order valence-electron chi connectivity index (χ1n) is 6.40. The SMILES string of the molecule is Nc1ccc(C(=O)N2CCOC3CCCC32)cn1. The molecule has 1 aromatic rings. The molecule has 0 aromatic carbocycles. The van der Waals surface area contributed by atoms with Gasteiger partial charge in [-0.15, -0.1) is 0 Å². The minimum absolute atomic E-state index is 0.0442. The third-order valence-corrected chi connectivity index (χ3v) is 3.78. The molecule has 1 saturated heterocycles. The summed E-state index contributed by atoms with van der Waals surface area (Å²) in [5.74, 6) is 0.481. The number of pyridine rings is 1. The van der Waals surface area contributed by atoms with Gasteiger partial charge in [-0.1, -0.05) is 0 Å². The monoisotopic (exact) mass is 247 g/mol. The Bertz CT molecular complexity index is 446. The maximum absolute atomic E-state index is 12.4. The molecule has 1 aromatic heterocycles. The zero-order chi connectivity index (χ0) is 12.5. The molecule has 1 amide bonds. The summed E-state index contributed by atoms with van der Waals surface area (Å²) in [4.78, 5) is 18.4. The Hall–Kier alpha value is -1.62. The zero-order valence-corrected chi connectivity index (χ0v) is 10.2. The van der Waals surface area contributed by atoms with Crippen LogP contribution in [0.2, 0.25) is 0 Å². The van der Waals surface area contributed by atoms with Crippen LogP contribution in [0.3, 0.4) is 0 Å². The Balaban J connectivity index is 1.81. The highest BCUT2D eigenvalue weighted by atomic mass is 16.5. The van der Waals surface area contributed by atoms with Crippen molar-refractivity contribution in [3.8, 4) is 0 Å². The van der Waals surface area contributed by atoms with Crippen LogP contribution in [0.1, 0.15) is 29.6 Å². The number of carbonyl (C=O) groups is 1. The van der Waals surface area contributed by atoms with Crippen molar-refractivity contribution in [3.05, 3.63) is 23.9 Å². The van der Waals surface area contributed by atoms with E-state index in [9.17, 15) is 4.79 Å². The number of rotatable bonds is 1. The van der Waals surface area contributed by atoms with Crippen LogP contribution in [0.5, 0.6) is 0 Å². The van der Waals surface area contributed by atoms with E-state index in [-0.39, 0.29) is 18.1 Å². The smallest absolute Gasteiger partial charge is 0.255 e. The van der Waals surface area contributed by atoms with Gasteiger partial charge in [0.1, 0.15) is 5.82 Å². The number of carbonyl (C=O) groups excluding carboxylic acids is 1. The molecule has 0 radical (unpaired) electrons. The summed E-state index contributed by atoms with van der Waals surface area (Å²) in [6, 6.07) is 3.65. The average molecular weight is 247 g/mol. The van der Waals surface area contributed by atoms with Gasteiger partial charge in [0.2, 0.25) is 0 Å². The van der Waals surface area contributed by atoms with Crippen molar-refractivity contribution in [1.29, 1.82) is 0 Å². The van der Waals surface area contributed by atoms with E-state index in [1.807, 2.05) is 4.90 Å². The van der Waals surface area contributed by atoms with Crippen molar-refractivity contribution in [2.45, 2.75) is 31.4 Å². The Morgan fingerprint density at radius 3 is 3.11 bits per heavy atom. The molecule has 2 N–H and O–H groups in total. The number of aromatic nitrogens is 1. The molecule has 3 rings (SSSR count). The van der Waals surface area contributed by atoms with Crippen LogP contribution in [0, 0.1) is 0 Å². The number of hydrogen-bond donors (Lipinski definition) is 1. The van der Waals surface area contributed by atoms with E-state index in [4.69, 9.17) is 10.5 Å². The van der Waals surface area contributed by atoms with Crippen LogP contribution in [-0.4, -0.2) is 41.1 Å². The Labute approximate surface area is 106 Å². The Kier molecular flexibility index (Phi) is 2.91. The first-order chi connectivity index (χ1) is 8.75. The van der Waals surface area contributed by atoms with Crippen LogP contribution in [-0.2, 0) is 4.74 Å². The fourth-order valence-corrected chi connectivity index (χ4v) is 2.88. The quantitative estimate of drug-likeness (QED) is 0.805. The Morgan fingerprint density at radius 1 is 1.44 bits per heavy atom. The highest BCUT2D eigenvalue weighted by Gasteiger charge is 2.38. The van der Waals surface area contributed by atoms with Gasteiger partial charge in [0.15, 0.2) is 0 Å². The van der Waals surface area contributed by atoms with E-state index in [1.54, 1.807) is 18.3 Å². The van der Waals surface area contributed by atoms with Gasteiger partial charge in [0.25, 0.3) is 5.91 Å². The summed E-state index contributed by atoms with van der Waals surface area (Å²) in [6.45, 7) is 1.31. The lowest BCUT2D eigenvalue weighted by molar-refractivity contribution is -0.0445. The summed E-state index contributed by atoms with van der Waals surface area (Å²) in [5, 5.41) is 0. The van der Waals surface area contributed by atoms with Gasteiger partial charge in [-0.25, -0.2) is 4.98 Å². The lowest BCUT2D eigenvalue weighted by Gasteiger charge is -2.37. The van der Waals surface area contributed by atoms with E-state index in [1.165, 1.54) is 0 Å². The maximum atomic E-state index is 12.4. The summed E-state index contributed by atoms with van der Waals surface area (Å²) < 4.78 is 5.71. The van der Waals surface area contributed by atoms with Crippen LogP contribution >= 0.6 is 0 Å². The van der Waals surface area contributed by atoms with Crippen LogP contribution in [0.15, 0.2) is 18.3 Å². The molecule has 1 saturated carbocycles. The number of fused-ring (bicyclic) bond motifs is 1. The van der Waals surface area contributed by atoms with Gasteiger partial charge >= 0.3 is 0 Å². The molecule has 2 aliphatic rings. The molecule has 0 bridgehead atoms. The van der Waals surface area contributed by atoms with Crippen molar-refractivity contribution in [1.82, 2.24) is 9.88 Å². The van der Waals surface area contributed by atoms with Gasteiger partial charge < -0.3 is 15.4 Å². The molecule has 2 atom stereocenters. The molecular weight excluding hydrogens is 230 g/mol. The second-order valence-corrected chi connectivity index (χ2v) is 4.88. The van der Waals surface area contributed by atoms with Crippen molar-refractivity contribution in [3.63, 3.8) is 0 Å². The van der Waals surface area contributed by atoms with Crippen LogP contribution in [0.4, 0.5) is 5.82 Å². The summed E-state index contributed by atoms with van der Waals surface area (Å²) in [6.07, 6.45) is 5.02. The number of ether oxygens (including phenoxy) is 1. The van der Waals surface area contributed by atoms with E-state index in [0.717, 1.165) is 19.3 Å². The predicted octanol–water partition coefficient (Wildman–Crippen LogP) is 1.06. The topological polar surface area (TPSA) is 68.5 Å². The predicted molar refractivity (Wildman–Crippen MR) is 67.1 cm³/mol. The van der Waals surface area contributed by atoms with Crippen molar-refractivity contribution < 1.29 is 9.53 Å². The van der Waals surface area contributed by atoms with E-state index >= 15 is 0 Å². The molecule has 2 fully saturated rings. The molecular formula is C13H17N3O2. The maximum Gasteiger partial charge on any atom is 0.255 e. The minimum Gasteiger partial charge on any atom is -0.384 e. The Morgan fingerprint density at radius 2 is 2.33 bits per heavy atom. The third kappa shape index (κ3) is 1.95. The fourth-order valence-electron chi connectivity index (χ4n) is 2.88. The van der Waals surface area contributed by atoms with Crippen molar-refractivity contribution in [2.24, 2.45) is 0 Å². The molecule has 18 heavy (non-hydrogen) atoms. The second kappa shape index (κ2) is 4.57. The van der Waals surface area contributed by atoms with Crippen LogP contribution < -0.4 is 5.73 Å². The fraction of sp³-hybridized carbons (Fsp3) is 0.538. The molecule has 2 unspecified atom stereocenters. The number of nitrogens with two attached hydrogens (primary N) is 1. The van der Waals surface area contributed by atoms with E-state index in [0.29, 0.717) is 24.5 Å². The number of morpholine rings is 1. The second-order valence-electron chi connectivity index (χ2n) is 4.88. The molecule has 2 heterocycles. The van der Waals surface area contributed by atoms with Gasteiger partial charge in [-0.05, 0) is 31.4 Å². The summed E-state index contributed by atoms with van der Waals surface area (Å²) in [5.41, 5.74) is 6.14. The molecule has 0 spiro atoms. The van der Waals surface area contributed by atoms with Crippen LogP contribution in [0.25, 0.3) is 0 Å². The number of nitrogen functional groups attached to an aromatic ring is 1. The summed E-state index contributed by atoms with van der Waals surface area (Å²) in [7, 11) is 0. The highest BCUT2D eigenvalue weighted by molar-refractivity contribution is 5.94. The lowest BCUT2D eigenvalue weighted by atomic mass is 10.1. The van der Waals surface area contributed by atoms with Gasteiger partial charge in [0, 0.05) is 12.7 Å². The minimum atomic E-state index is 0.0442. The largest absolute Gasteiger partial charge is 0.384 e. The average Bonchev–Trinajstić information content (AvgIpc) is 2.87.